The van der Waals surface area contributed by atoms with Crippen molar-refractivity contribution < 1.29 is 5.11 Å². The highest BCUT2D eigenvalue weighted by atomic mass is 32.1. The van der Waals surface area contributed by atoms with Gasteiger partial charge in [-0.05, 0) is 42.7 Å². The van der Waals surface area contributed by atoms with Gasteiger partial charge in [0.25, 0.3) is 0 Å². The lowest BCUT2D eigenvalue weighted by Crippen LogP contribution is -2.39. The zero-order chi connectivity index (χ0) is 13.4. The summed E-state index contributed by atoms with van der Waals surface area (Å²) in [6.07, 6.45) is 1.05. The van der Waals surface area contributed by atoms with Gasteiger partial charge in [-0.3, -0.25) is 0 Å². The number of rotatable bonds is 6. The molecular weight excluding hydrogens is 246 g/mol. The van der Waals surface area contributed by atoms with Crippen LogP contribution in [0.15, 0.2) is 21.8 Å². The molecule has 18 heavy (non-hydrogen) atoms. The Bertz CT molecular complexity index is 360. The van der Waals surface area contributed by atoms with Crippen LogP contribution in [-0.4, -0.2) is 30.7 Å². The zero-order valence-electron chi connectivity index (χ0n) is 11.4. The zero-order valence-corrected chi connectivity index (χ0v) is 12.2. The van der Waals surface area contributed by atoms with E-state index in [1.165, 1.54) is 0 Å². The number of nitrogens with zero attached hydrogens (tertiary/aromatic N) is 1. The summed E-state index contributed by atoms with van der Waals surface area (Å²) >= 11 is 1.59. The van der Waals surface area contributed by atoms with Crippen molar-refractivity contribution in [2.75, 3.05) is 19.6 Å². The third-order valence-corrected chi connectivity index (χ3v) is 3.26. The molecule has 0 aliphatic carbocycles. The normalized spacial score (nSPS) is 15.2. The smallest absolute Gasteiger partial charge is 0.191 e. The Kier molecular flexibility index (Phi) is 6.15. The molecule has 1 aromatic rings. The molecule has 5 heteroatoms. The Balaban J connectivity index is 2.63. The maximum absolute atomic E-state index is 10.4. The summed E-state index contributed by atoms with van der Waals surface area (Å²) in [5.41, 5.74) is 0.0109. The minimum absolute atomic E-state index is 0.350. The van der Waals surface area contributed by atoms with Crippen molar-refractivity contribution >= 4 is 17.3 Å². The van der Waals surface area contributed by atoms with Gasteiger partial charge in [0.2, 0.25) is 0 Å². The van der Waals surface area contributed by atoms with Crippen molar-refractivity contribution in [1.29, 1.82) is 0 Å². The second-order valence-corrected chi connectivity index (χ2v) is 5.19. The number of hydrogen-bond acceptors (Lipinski definition) is 3. The van der Waals surface area contributed by atoms with Gasteiger partial charge in [-0.1, -0.05) is 6.92 Å². The van der Waals surface area contributed by atoms with E-state index in [0.717, 1.165) is 31.0 Å². The number of aliphatic imine (C=N–C) groups is 1. The van der Waals surface area contributed by atoms with Gasteiger partial charge in [-0.2, -0.15) is 11.3 Å². The third kappa shape index (κ3) is 4.66. The topological polar surface area (TPSA) is 56.7 Å². The first-order valence-corrected chi connectivity index (χ1v) is 7.31. The van der Waals surface area contributed by atoms with Crippen LogP contribution in [-0.2, 0) is 5.60 Å². The van der Waals surface area contributed by atoms with E-state index in [9.17, 15) is 5.11 Å². The molecule has 0 aliphatic heterocycles. The quantitative estimate of drug-likeness (QED) is 0.546. The van der Waals surface area contributed by atoms with Gasteiger partial charge in [0.1, 0.15) is 5.60 Å². The second kappa shape index (κ2) is 7.38. The van der Waals surface area contributed by atoms with Crippen LogP contribution in [0.4, 0.5) is 0 Å². The van der Waals surface area contributed by atoms with E-state index < -0.39 is 5.60 Å². The number of aliphatic hydroxyl groups is 1. The molecule has 1 heterocycles. The first-order chi connectivity index (χ1) is 8.60. The maximum atomic E-state index is 10.4. The van der Waals surface area contributed by atoms with Crippen LogP contribution in [0, 0.1) is 0 Å². The molecule has 1 atom stereocenters. The van der Waals surface area contributed by atoms with E-state index >= 15 is 0 Å². The molecular formula is C13H23N3OS. The van der Waals surface area contributed by atoms with Crippen LogP contribution in [0.1, 0.15) is 32.8 Å². The Morgan fingerprint density at radius 3 is 2.78 bits per heavy atom. The van der Waals surface area contributed by atoms with Crippen molar-refractivity contribution in [3.05, 3.63) is 22.4 Å². The second-order valence-electron chi connectivity index (χ2n) is 4.41. The highest BCUT2D eigenvalue weighted by Crippen LogP contribution is 2.23. The average Bonchev–Trinajstić information content (AvgIpc) is 2.87. The lowest BCUT2D eigenvalue weighted by molar-refractivity contribution is 0.0677. The molecule has 1 rings (SSSR count). The van der Waals surface area contributed by atoms with Crippen molar-refractivity contribution in [3.8, 4) is 0 Å². The molecule has 0 spiro atoms. The molecule has 102 valence electrons. The monoisotopic (exact) mass is 269 g/mol. The van der Waals surface area contributed by atoms with E-state index in [1.54, 1.807) is 18.3 Å². The number of thiophene rings is 1. The molecule has 0 saturated heterocycles. The van der Waals surface area contributed by atoms with E-state index in [-0.39, 0.29) is 0 Å². The van der Waals surface area contributed by atoms with Crippen molar-refractivity contribution in [2.24, 2.45) is 4.99 Å². The van der Waals surface area contributed by atoms with Gasteiger partial charge in [0.15, 0.2) is 5.96 Å². The summed E-state index contributed by atoms with van der Waals surface area (Å²) in [6, 6.07) is 1.94. The summed E-state index contributed by atoms with van der Waals surface area (Å²) in [4.78, 5) is 4.43. The Hall–Kier alpha value is -1.07. The third-order valence-electron chi connectivity index (χ3n) is 2.57. The molecule has 0 aliphatic rings. The highest BCUT2D eigenvalue weighted by molar-refractivity contribution is 7.08. The summed E-state index contributed by atoms with van der Waals surface area (Å²) < 4.78 is 0. The minimum Gasteiger partial charge on any atom is -0.383 e. The van der Waals surface area contributed by atoms with Crippen LogP contribution in [0.25, 0.3) is 0 Å². The summed E-state index contributed by atoms with van der Waals surface area (Å²) in [6.45, 7) is 7.98. The van der Waals surface area contributed by atoms with Crippen molar-refractivity contribution in [3.63, 3.8) is 0 Å². The van der Waals surface area contributed by atoms with Gasteiger partial charge in [-0.25, -0.2) is 4.99 Å². The molecule has 0 fully saturated rings. The molecule has 0 radical (unpaired) electrons. The number of hydrogen-bond donors (Lipinski definition) is 3. The fourth-order valence-electron chi connectivity index (χ4n) is 1.48. The molecule has 1 aromatic heterocycles. The molecule has 0 bridgehead atoms. The minimum atomic E-state index is -0.908. The van der Waals surface area contributed by atoms with Crippen molar-refractivity contribution in [2.45, 2.75) is 32.8 Å². The van der Waals surface area contributed by atoms with Crippen LogP contribution in [0.2, 0.25) is 0 Å². The van der Waals surface area contributed by atoms with Crippen molar-refractivity contribution in [1.82, 2.24) is 10.6 Å². The molecule has 0 aromatic carbocycles. The Morgan fingerprint density at radius 1 is 1.44 bits per heavy atom. The van der Waals surface area contributed by atoms with Gasteiger partial charge in [0, 0.05) is 13.1 Å². The standard InChI is InChI=1S/C13H23N3OS/c1-4-7-15-12(14-5-2)16-10-13(3,17)11-6-8-18-9-11/h6,8-9,17H,4-5,7,10H2,1-3H3,(H2,14,15,16). The fourth-order valence-corrected chi connectivity index (χ4v) is 2.26. The van der Waals surface area contributed by atoms with Crippen LogP contribution < -0.4 is 10.6 Å². The van der Waals surface area contributed by atoms with E-state index in [1.807, 2.05) is 23.8 Å². The summed E-state index contributed by atoms with van der Waals surface area (Å²) in [5.74, 6) is 0.759. The number of guanidine groups is 1. The van der Waals surface area contributed by atoms with Gasteiger partial charge in [-0.15, -0.1) is 0 Å². The largest absolute Gasteiger partial charge is 0.383 e. The first kappa shape index (κ1) is 15.0. The van der Waals surface area contributed by atoms with E-state index in [4.69, 9.17) is 0 Å². The molecule has 0 amide bonds. The van der Waals surface area contributed by atoms with Gasteiger partial charge >= 0.3 is 0 Å². The van der Waals surface area contributed by atoms with Gasteiger partial charge < -0.3 is 15.7 Å². The predicted octanol–water partition coefficient (Wildman–Crippen LogP) is 1.92. The molecule has 0 saturated carbocycles. The lowest BCUT2D eigenvalue weighted by Gasteiger charge is -2.21. The molecule has 1 unspecified atom stereocenters. The summed E-state index contributed by atoms with van der Waals surface area (Å²) in [5, 5.41) is 20.7. The van der Waals surface area contributed by atoms with Crippen LogP contribution in [0.3, 0.4) is 0 Å². The van der Waals surface area contributed by atoms with Crippen LogP contribution in [0.5, 0.6) is 0 Å². The Labute approximate surface area is 113 Å². The van der Waals surface area contributed by atoms with E-state index in [0.29, 0.717) is 6.54 Å². The predicted molar refractivity (Wildman–Crippen MR) is 78.2 cm³/mol. The molecule has 4 nitrogen and oxygen atoms in total. The summed E-state index contributed by atoms with van der Waals surface area (Å²) in [7, 11) is 0. The Morgan fingerprint density at radius 2 is 2.22 bits per heavy atom. The molecule has 3 N–H and O–H groups in total. The van der Waals surface area contributed by atoms with Gasteiger partial charge in [0.05, 0.1) is 6.54 Å². The van der Waals surface area contributed by atoms with Crippen LogP contribution >= 0.6 is 11.3 Å². The SMILES string of the molecule is CCCNC(=NCC(C)(O)c1ccsc1)NCC. The number of nitrogens with one attached hydrogen (secondary N) is 2. The first-order valence-electron chi connectivity index (χ1n) is 6.37. The lowest BCUT2D eigenvalue weighted by atomic mass is 10.00. The van der Waals surface area contributed by atoms with E-state index in [2.05, 4.69) is 22.5 Å². The maximum Gasteiger partial charge on any atom is 0.191 e. The average molecular weight is 269 g/mol. The fraction of sp³-hybridized carbons (Fsp3) is 0.615. The highest BCUT2D eigenvalue weighted by Gasteiger charge is 2.23.